The lowest BCUT2D eigenvalue weighted by molar-refractivity contribution is -0.121. The minimum Gasteiger partial charge on any atom is -0.395 e. The molecular formula is C18H25N5O2. The summed E-state index contributed by atoms with van der Waals surface area (Å²) in [7, 11) is 0. The smallest absolute Gasteiger partial charge is 0.220 e. The van der Waals surface area contributed by atoms with E-state index in [4.69, 9.17) is 5.11 Å². The van der Waals surface area contributed by atoms with E-state index in [9.17, 15) is 4.79 Å². The van der Waals surface area contributed by atoms with Crippen molar-refractivity contribution in [2.24, 2.45) is 0 Å². The fourth-order valence-corrected chi connectivity index (χ4v) is 3.12. The third kappa shape index (κ3) is 5.11. The number of fused-ring (bicyclic) bond motifs is 1. The lowest BCUT2D eigenvalue weighted by Crippen LogP contribution is -2.26. The van der Waals surface area contributed by atoms with Gasteiger partial charge in [0.2, 0.25) is 5.91 Å². The van der Waals surface area contributed by atoms with Crippen molar-refractivity contribution in [3.8, 4) is 0 Å². The van der Waals surface area contributed by atoms with Gasteiger partial charge in [-0.25, -0.2) is 0 Å². The fourth-order valence-electron chi connectivity index (χ4n) is 3.12. The minimum absolute atomic E-state index is 0.0299. The molecule has 3 heterocycles. The molecule has 134 valence electrons. The number of aromatic nitrogens is 3. The summed E-state index contributed by atoms with van der Waals surface area (Å²) in [6.45, 7) is 4.02. The number of rotatable bonds is 7. The van der Waals surface area contributed by atoms with Gasteiger partial charge in [0, 0.05) is 58.0 Å². The van der Waals surface area contributed by atoms with E-state index < -0.39 is 0 Å². The van der Waals surface area contributed by atoms with E-state index >= 15 is 0 Å². The third-order valence-corrected chi connectivity index (χ3v) is 4.34. The molecule has 2 aromatic rings. The van der Waals surface area contributed by atoms with Gasteiger partial charge in [-0.15, -0.1) is 0 Å². The van der Waals surface area contributed by atoms with Crippen molar-refractivity contribution < 1.29 is 9.90 Å². The number of hydrogen-bond donors (Lipinski definition) is 2. The molecule has 1 amide bonds. The van der Waals surface area contributed by atoms with E-state index in [0.717, 1.165) is 38.3 Å². The summed E-state index contributed by atoms with van der Waals surface area (Å²) in [6, 6.07) is 6.22. The van der Waals surface area contributed by atoms with Crippen LogP contribution in [0.1, 0.15) is 29.8 Å². The SMILES string of the molecule is O=C(CCc1cc2n(n1)CCCN(Cc1ccncc1)C2)NCCO. The Morgan fingerprint density at radius 3 is 2.92 bits per heavy atom. The Bertz CT molecular complexity index is 686. The molecule has 7 nitrogen and oxygen atoms in total. The molecule has 2 N–H and O–H groups in total. The number of aliphatic hydroxyl groups is 1. The molecule has 2 aromatic heterocycles. The van der Waals surface area contributed by atoms with Gasteiger partial charge in [0.25, 0.3) is 0 Å². The first-order chi connectivity index (χ1) is 12.2. The van der Waals surface area contributed by atoms with Gasteiger partial charge in [-0.3, -0.25) is 19.4 Å². The zero-order valence-electron chi connectivity index (χ0n) is 14.4. The number of nitrogens with zero attached hydrogens (tertiary/aromatic N) is 4. The Labute approximate surface area is 147 Å². The van der Waals surface area contributed by atoms with Crippen molar-refractivity contribution in [2.45, 2.75) is 38.9 Å². The van der Waals surface area contributed by atoms with Gasteiger partial charge in [0.05, 0.1) is 18.0 Å². The van der Waals surface area contributed by atoms with Crippen molar-refractivity contribution in [3.63, 3.8) is 0 Å². The maximum atomic E-state index is 11.7. The van der Waals surface area contributed by atoms with Crippen LogP contribution in [0.15, 0.2) is 30.6 Å². The van der Waals surface area contributed by atoms with E-state index in [2.05, 4.69) is 43.2 Å². The monoisotopic (exact) mass is 343 g/mol. The van der Waals surface area contributed by atoms with Crippen LogP contribution in [0.5, 0.6) is 0 Å². The maximum absolute atomic E-state index is 11.7. The lowest BCUT2D eigenvalue weighted by atomic mass is 10.2. The van der Waals surface area contributed by atoms with Gasteiger partial charge in [0.1, 0.15) is 0 Å². The highest BCUT2D eigenvalue weighted by Crippen LogP contribution is 2.16. The molecule has 0 spiro atoms. The molecule has 3 rings (SSSR count). The highest BCUT2D eigenvalue weighted by Gasteiger charge is 2.17. The van der Waals surface area contributed by atoms with Crippen LogP contribution in [0.4, 0.5) is 0 Å². The van der Waals surface area contributed by atoms with Crippen molar-refractivity contribution in [3.05, 3.63) is 47.5 Å². The molecular weight excluding hydrogens is 318 g/mol. The number of aliphatic hydroxyl groups excluding tert-OH is 1. The highest BCUT2D eigenvalue weighted by molar-refractivity contribution is 5.76. The van der Waals surface area contributed by atoms with E-state index in [0.29, 0.717) is 19.4 Å². The third-order valence-electron chi connectivity index (χ3n) is 4.34. The van der Waals surface area contributed by atoms with Crippen LogP contribution >= 0.6 is 0 Å². The van der Waals surface area contributed by atoms with Crippen LogP contribution in [0, 0.1) is 0 Å². The van der Waals surface area contributed by atoms with Gasteiger partial charge in [-0.2, -0.15) is 5.10 Å². The second kappa shape index (κ2) is 8.73. The fraction of sp³-hybridized carbons (Fsp3) is 0.500. The van der Waals surface area contributed by atoms with E-state index in [1.165, 1.54) is 11.3 Å². The molecule has 1 aliphatic rings. The summed E-state index contributed by atoms with van der Waals surface area (Å²) in [5, 5.41) is 16.1. The maximum Gasteiger partial charge on any atom is 0.220 e. The minimum atomic E-state index is -0.0449. The van der Waals surface area contributed by atoms with Gasteiger partial charge < -0.3 is 10.4 Å². The predicted molar refractivity (Wildman–Crippen MR) is 93.6 cm³/mol. The van der Waals surface area contributed by atoms with Gasteiger partial charge in [0.15, 0.2) is 0 Å². The summed E-state index contributed by atoms with van der Waals surface area (Å²) < 4.78 is 2.08. The number of aryl methyl sites for hydroxylation is 2. The zero-order valence-corrected chi connectivity index (χ0v) is 14.4. The number of carbonyl (C=O) groups is 1. The summed E-state index contributed by atoms with van der Waals surface area (Å²) >= 11 is 0. The predicted octanol–water partition coefficient (Wildman–Crippen LogP) is 0.725. The number of amides is 1. The summed E-state index contributed by atoms with van der Waals surface area (Å²) in [5.41, 5.74) is 3.43. The van der Waals surface area contributed by atoms with Crippen LogP contribution < -0.4 is 5.32 Å². The van der Waals surface area contributed by atoms with Crippen molar-refractivity contribution in [2.75, 3.05) is 19.7 Å². The molecule has 0 atom stereocenters. The Morgan fingerprint density at radius 1 is 1.28 bits per heavy atom. The Kier molecular flexibility index (Phi) is 6.14. The van der Waals surface area contributed by atoms with E-state index in [1.54, 1.807) is 0 Å². The first-order valence-electron chi connectivity index (χ1n) is 8.79. The van der Waals surface area contributed by atoms with Crippen LogP contribution in [0.2, 0.25) is 0 Å². The standard InChI is InChI=1S/C18H25N5O2/c24-11-8-20-18(25)3-2-16-12-17-14-22(9-1-10-23(17)21-16)13-15-4-6-19-7-5-15/h4-7,12,24H,1-3,8-11,13-14H2,(H,20,25). The quantitative estimate of drug-likeness (QED) is 0.774. The second-order valence-corrected chi connectivity index (χ2v) is 6.34. The number of pyridine rings is 1. The topological polar surface area (TPSA) is 83.3 Å². The van der Waals surface area contributed by atoms with Crippen molar-refractivity contribution in [1.29, 1.82) is 0 Å². The summed E-state index contributed by atoms with van der Waals surface area (Å²) in [6.07, 6.45) is 5.75. The second-order valence-electron chi connectivity index (χ2n) is 6.34. The summed E-state index contributed by atoms with van der Waals surface area (Å²) in [4.78, 5) is 18.2. The van der Waals surface area contributed by atoms with Gasteiger partial charge in [-0.1, -0.05) is 0 Å². The molecule has 25 heavy (non-hydrogen) atoms. The molecule has 0 aliphatic carbocycles. The first-order valence-corrected chi connectivity index (χ1v) is 8.79. The molecule has 0 fully saturated rings. The molecule has 0 aromatic carbocycles. The number of hydrogen-bond acceptors (Lipinski definition) is 5. The number of nitrogens with one attached hydrogen (secondary N) is 1. The molecule has 0 saturated carbocycles. The molecule has 1 aliphatic heterocycles. The molecule has 0 saturated heterocycles. The average Bonchev–Trinajstić information content (AvgIpc) is 2.91. The first kappa shape index (κ1) is 17.6. The van der Waals surface area contributed by atoms with Crippen LogP contribution in [-0.4, -0.2) is 50.4 Å². The summed E-state index contributed by atoms with van der Waals surface area (Å²) in [5.74, 6) is -0.0449. The highest BCUT2D eigenvalue weighted by atomic mass is 16.3. The Hall–Kier alpha value is -2.25. The number of carbonyl (C=O) groups excluding carboxylic acids is 1. The van der Waals surface area contributed by atoms with Crippen molar-refractivity contribution in [1.82, 2.24) is 25.0 Å². The van der Waals surface area contributed by atoms with Crippen LogP contribution in [-0.2, 0) is 30.8 Å². The lowest BCUT2D eigenvalue weighted by Gasteiger charge is -2.19. The molecule has 0 bridgehead atoms. The van der Waals surface area contributed by atoms with E-state index in [1.807, 2.05) is 12.4 Å². The Morgan fingerprint density at radius 2 is 2.12 bits per heavy atom. The van der Waals surface area contributed by atoms with Gasteiger partial charge in [-0.05, 0) is 30.2 Å². The van der Waals surface area contributed by atoms with Crippen LogP contribution in [0.25, 0.3) is 0 Å². The average molecular weight is 343 g/mol. The van der Waals surface area contributed by atoms with E-state index in [-0.39, 0.29) is 12.5 Å². The van der Waals surface area contributed by atoms with Crippen molar-refractivity contribution >= 4 is 5.91 Å². The van der Waals surface area contributed by atoms with Crippen LogP contribution in [0.3, 0.4) is 0 Å². The Balaban J connectivity index is 1.58. The van der Waals surface area contributed by atoms with Gasteiger partial charge >= 0.3 is 0 Å². The molecule has 0 radical (unpaired) electrons. The molecule has 0 unspecified atom stereocenters. The normalized spacial score (nSPS) is 14.8. The largest absolute Gasteiger partial charge is 0.395 e. The molecule has 7 heteroatoms. The zero-order chi connectivity index (χ0) is 17.5.